The van der Waals surface area contributed by atoms with Crippen LogP contribution in [0.1, 0.15) is 0 Å². The zero-order valence-electron chi connectivity index (χ0n) is 30.4. The molecular weight excluding hydrogens is 717 g/mol. The number of furan rings is 1. The molecule has 0 aliphatic carbocycles. The van der Waals surface area contributed by atoms with Crippen molar-refractivity contribution in [1.29, 1.82) is 0 Å². The van der Waals surface area contributed by atoms with Gasteiger partial charge in [-0.15, -0.1) is 11.3 Å². The molecule has 0 fully saturated rings. The maximum atomic E-state index is 6.54. The van der Waals surface area contributed by atoms with Crippen LogP contribution in [0, 0.1) is 0 Å². The standard InChI is InChI=1S/C51H30N4OS/c1-4-15-31(16-5-1)35-23-14-24-36-37-27-28-42-46(48(37)57-47(35)36)38-21-10-12-25-41(38)55(42)51-53-49(33-19-8-3-9-20-33)52-50(54-51)34-29-40(32-17-6-2-7-18-32)45-39-22-11-13-26-43(39)56-44(45)30-34/h1-30H. The van der Waals surface area contributed by atoms with E-state index in [9.17, 15) is 0 Å². The molecule has 4 aromatic heterocycles. The molecule has 266 valence electrons. The minimum absolute atomic E-state index is 0.557. The summed E-state index contributed by atoms with van der Waals surface area (Å²) in [5, 5.41) is 7.01. The first-order valence-electron chi connectivity index (χ1n) is 19.0. The van der Waals surface area contributed by atoms with Gasteiger partial charge in [0.25, 0.3) is 0 Å². The number of para-hydroxylation sites is 2. The van der Waals surface area contributed by atoms with Gasteiger partial charge in [-0.1, -0.05) is 152 Å². The lowest BCUT2D eigenvalue weighted by molar-refractivity contribution is 0.669. The lowest BCUT2D eigenvalue weighted by Gasteiger charge is -2.12. The molecule has 12 aromatic rings. The van der Waals surface area contributed by atoms with Crippen molar-refractivity contribution < 1.29 is 4.42 Å². The van der Waals surface area contributed by atoms with Crippen LogP contribution < -0.4 is 0 Å². The highest BCUT2D eigenvalue weighted by Crippen LogP contribution is 2.46. The summed E-state index contributed by atoms with van der Waals surface area (Å²) in [5.41, 5.74) is 10.1. The lowest BCUT2D eigenvalue weighted by atomic mass is 9.97. The molecule has 0 aliphatic heterocycles. The van der Waals surface area contributed by atoms with E-state index >= 15 is 0 Å². The molecule has 0 spiro atoms. The number of fused-ring (bicyclic) bond motifs is 10. The molecule has 0 atom stereocenters. The van der Waals surface area contributed by atoms with E-state index in [-0.39, 0.29) is 0 Å². The minimum Gasteiger partial charge on any atom is -0.456 e. The molecule has 6 heteroatoms. The van der Waals surface area contributed by atoms with Gasteiger partial charge < -0.3 is 4.42 Å². The van der Waals surface area contributed by atoms with E-state index in [4.69, 9.17) is 19.4 Å². The van der Waals surface area contributed by atoms with Gasteiger partial charge in [0.2, 0.25) is 5.95 Å². The average Bonchev–Trinajstić information content (AvgIpc) is 3.96. The van der Waals surface area contributed by atoms with Crippen LogP contribution in [0.4, 0.5) is 0 Å². The van der Waals surface area contributed by atoms with E-state index in [0.29, 0.717) is 17.6 Å². The molecule has 0 aliphatic rings. The van der Waals surface area contributed by atoms with Crippen LogP contribution in [0.5, 0.6) is 0 Å². The van der Waals surface area contributed by atoms with Gasteiger partial charge in [0.15, 0.2) is 11.6 Å². The number of thiophene rings is 1. The molecule has 0 bridgehead atoms. The Kier molecular flexibility index (Phi) is 7.03. The first-order chi connectivity index (χ1) is 28.3. The Labute approximate surface area is 330 Å². The third kappa shape index (κ3) is 4.98. The second-order valence-corrected chi connectivity index (χ2v) is 15.4. The van der Waals surface area contributed by atoms with Crippen molar-refractivity contribution in [1.82, 2.24) is 19.5 Å². The molecule has 0 N–H and O–H groups in total. The van der Waals surface area contributed by atoms with Gasteiger partial charge >= 0.3 is 0 Å². The topological polar surface area (TPSA) is 56.7 Å². The van der Waals surface area contributed by atoms with E-state index in [1.807, 2.05) is 47.7 Å². The number of aromatic nitrogens is 4. The van der Waals surface area contributed by atoms with Gasteiger partial charge in [0, 0.05) is 52.8 Å². The van der Waals surface area contributed by atoms with Gasteiger partial charge in [-0.3, -0.25) is 4.57 Å². The van der Waals surface area contributed by atoms with Gasteiger partial charge in [0.05, 0.1) is 11.0 Å². The van der Waals surface area contributed by atoms with Crippen LogP contribution in [0.15, 0.2) is 186 Å². The van der Waals surface area contributed by atoms with E-state index < -0.39 is 0 Å². The maximum Gasteiger partial charge on any atom is 0.238 e. The molecule has 0 saturated carbocycles. The maximum absolute atomic E-state index is 6.54. The predicted molar refractivity (Wildman–Crippen MR) is 236 cm³/mol. The van der Waals surface area contributed by atoms with Gasteiger partial charge in [-0.25, -0.2) is 4.98 Å². The molecule has 0 radical (unpaired) electrons. The van der Waals surface area contributed by atoms with Crippen molar-refractivity contribution in [2.75, 3.05) is 0 Å². The Morgan fingerprint density at radius 1 is 0.386 bits per heavy atom. The van der Waals surface area contributed by atoms with Crippen molar-refractivity contribution in [3.05, 3.63) is 182 Å². The Morgan fingerprint density at radius 2 is 1.00 bits per heavy atom. The fraction of sp³-hybridized carbons (Fsp3) is 0. The number of nitrogens with zero attached hydrogens (tertiary/aromatic N) is 4. The van der Waals surface area contributed by atoms with Crippen LogP contribution in [0.3, 0.4) is 0 Å². The van der Waals surface area contributed by atoms with Gasteiger partial charge in [-0.2, -0.15) is 9.97 Å². The Balaban J connectivity index is 1.14. The summed E-state index contributed by atoms with van der Waals surface area (Å²) in [4.78, 5) is 15.8. The number of rotatable bonds is 5. The smallest absolute Gasteiger partial charge is 0.238 e. The van der Waals surface area contributed by atoms with Crippen LogP contribution in [0.25, 0.3) is 115 Å². The third-order valence-electron chi connectivity index (χ3n) is 11.1. The van der Waals surface area contributed by atoms with Crippen molar-refractivity contribution in [2.24, 2.45) is 0 Å². The first-order valence-corrected chi connectivity index (χ1v) is 19.8. The normalized spacial score (nSPS) is 11.9. The van der Waals surface area contributed by atoms with Gasteiger partial charge in [0.1, 0.15) is 11.2 Å². The molecular formula is C51H30N4OS. The fourth-order valence-corrected chi connectivity index (χ4v) is 9.90. The summed E-state index contributed by atoms with van der Waals surface area (Å²) in [6.45, 7) is 0. The highest BCUT2D eigenvalue weighted by Gasteiger charge is 2.23. The zero-order chi connectivity index (χ0) is 37.5. The Morgan fingerprint density at radius 3 is 1.77 bits per heavy atom. The van der Waals surface area contributed by atoms with Crippen molar-refractivity contribution in [2.45, 2.75) is 0 Å². The fourth-order valence-electron chi connectivity index (χ4n) is 8.51. The quantitative estimate of drug-likeness (QED) is 0.176. The second kappa shape index (κ2) is 12.6. The van der Waals surface area contributed by atoms with Crippen LogP contribution in [-0.4, -0.2) is 19.5 Å². The lowest BCUT2D eigenvalue weighted by Crippen LogP contribution is -2.06. The van der Waals surface area contributed by atoms with Crippen LogP contribution in [-0.2, 0) is 0 Å². The average molecular weight is 747 g/mol. The summed E-state index contributed by atoms with van der Waals surface area (Å²) in [7, 11) is 0. The van der Waals surface area contributed by atoms with E-state index in [1.165, 1.54) is 36.7 Å². The van der Waals surface area contributed by atoms with E-state index in [1.54, 1.807) is 0 Å². The van der Waals surface area contributed by atoms with E-state index in [2.05, 4.69) is 150 Å². The third-order valence-corrected chi connectivity index (χ3v) is 12.3. The van der Waals surface area contributed by atoms with Gasteiger partial charge in [-0.05, 0) is 52.6 Å². The summed E-state index contributed by atoms with van der Waals surface area (Å²) in [6.07, 6.45) is 0. The Bertz CT molecular complexity index is 3510. The summed E-state index contributed by atoms with van der Waals surface area (Å²) >= 11 is 1.86. The largest absolute Gasteiger partial charge is 0.456 e. The molecule has 4 heterocycles. The monoisotopic (exact) mass is 746 g/mol. The molecule has 8 aromatic carbocycles. The number of benzene rings is 8. The number of hydrogen-bond donors (Lipinski definition) is 0. The summed E-state index contributed by atoms with van der Waals surface area (Å²) in [6, 6.07) is 63.6. The SMILES string of the molecule is c1ccc(-c2nc(-c3cc(-c4ccccc4)c4c(c3)oc3ccccc34)nc(-n3c4ccccc4c4c5sc6c(-c7ccccc7)cccc6c5ccc43)n2)cc1. The van der Waals surface area contributed by atoms with Crippen LogP contribution >= 0.6 is 11.3 Å². The summed E-state index contributed by atoms with van der Waals surface area (Å²) < 4.78 is 11.3. The van der Waals surface area contributed by atoms with E-state index in [0.717, 1.165) is 60.6 Å². The van der Waals surface area contributed by atoms with Crippen molar-refractivity contribution >= 4 is 75.3 Å². The zero-order valence-corrected chi connectivity index (χ0v) is 31.2. The molecule has 5 nitrogen and oxygen atoms in total. The molecule has 57 heavy (non-hydrogen) atoms. The van der Waals surface area contributed by atoms with Crippen molar-refractivity contribution in [3.8, 4) is 51.0 Å². The second-order valence-electron chi connectivity index (χ2n) is 14.3. The van der Waals surface area contributed by atoms with Crippen LogP contribution in [0.2, 0.25) is 0 Å². The molecule has 12 rings (SSSR count). The predicted octanol–water partition coefficient (Wildman–Crippen LogP) is 13.9. The molecule has 0 amide bonds. The summed E-state index contributed by atoms with van der Waals surface area (Å²) in [5.74, 6) is 1.73. The molecule has 0 unspecified atom stereocenters. The Hall–Kier alpha value is -7.41. The minimum atomic E-state index is 0.557. The molecule has 0 saturated heterocycles. The first kappa shape index (κ1) is 31.9. The van der Waals surface area contributed by atoms with Crippen molar-refractivity contribution in [3.63, 3.8) is 0 Å². The highest BCUT2D eigenvalue weighted by atomic mass is 32.1. The number of hydrogen-bond acceptors (Lipinski definition) is 5. The highest BCUT2D eigenvalue weighted by molar-refractivity contribution is 7.27.